The zero-order chi connectivity index (χ0) is 9.84. The predicted molar refractivity (Wildman–Crippen MR) is 52.4 cm³/mol. The minimum absolute atomic E-state index is 0.293. The van der Waals surface area contributed by atoms with E-state index in [-0.39, 0.29) is 5.97 Å². The quantitative estimate of drug-likeness (QED) is 0.754. The molecular formula is C8H12N2O2S. The van der Waals surface area contributed by atoms with E-state index in [2.05, 4.69) is 10.3 Å². The maximum atomic E-state index is 11.3. The highest BCUT2D eigenvalue weighted by atomic mass is 32.1. The van der Waals surface area contributed by atoms with E-state index in [0.717, 1.165) is 5.13 Å². The van der Waals surface area contributed by atoms with Crippen molar-refractivity contribution in [1.82, 2.24) is 4.98 Å². The summed E-state index contributed by atoms with van der Waals surface area (Å²) >= 11 is 1.31. The molecule has 0 bridgehead atoms. The van der Waals surface area contributed by atoms with Gasteiger partial charge in [0.15, 0.2) is 5.13 Å². The Kier molecular flexibility index (Phi) is 3.25. The van der Waals surface area contributed by atoms with Gasteiger partial charge in [-0.15, -0.1) is 0 Å². The number of hydrogen-bond donors (Lipinski definition) is 1. The summed E-state index contributed by atoms with van der Waals surface area (Å²) in [6.45, 7) is 3.97. The molecule has 0 aliphatic carbocycles. The van der Waals surface area contributed by atoms with Gasteiger partial charge in [-0.1, -0.05) is 11.3 Å². The second kappa shape index (κ2) is 4.23. The van der Waals surface area contributed by atoms with E-state index >= 15 is 0 Å². The predicted octanol–water partition coefficient (Wildman–Crippen LogP) is 1.67. The van der Waals surface area contributed by atoms with Crippen LogP contribution in [0.1, 0.15) is 22.3 Å². The third-order valence-corrected chi connectivity index (χ3v) is 2.63. The molecule has 1 aromatic heterocycles. The van der Waals surface area contributed by atoms with Gasteiger partial charge in [0.05, 0.1) is 12.3 Å². The first-order valence-electron chi connectivity index (χ1n) is 4.01. The Morgan fingerprint density at radius 3 is 2.85 bits per heavy atom. The first kappa shape index (κ1) is 9.98. The molecule has 4 nitrogen and oxygen atoms in total. The Bertz CT molecular complexity index is 309. The van der Waals surface area contributed by atoms with Crippen LogP contribution in [0.5, 0.6) is 0 Å². The van der Waals surface area contributed by atoms with Gasteiger partial charge in [-0.2, -0.15) is 0 Å². The van der Waals surface area contributed by atoms with Crippen LogP contribution in [0.3, 0.4) is 0 Å². The van der Waals surface area contributed by atoms with Crippen molar-refractivity contribution >= 4 is 22.4 Å². The molecule has 0 fully saturated rings. The first-order chi connectivity index (χ1) is 6.19. The fourth-order valence-corrected chi connectivity index (χ4v) is 1.70. The molecule has 1 heterocycles. The number of carbonyl (C=O) groups excluding carboxylic acids is 1. The van der Waals surface area contributed by atoms with Crippen LogP contribution >= 0.6 is 11.3 Å². The van der Waals surface area contributed by atoms with E-state index in [9.17, 15) is 4.79 Å². The fourth-order valence-electron chi connectivity index (χ4n) is 0.889. The van der Waals surface area contributed by atoms with E-state index in [1.807, 2.05) is 0 Å². The first-order valence-corrected chi connectivity index (χ1v) is 4.83. The molecule has 0 aliphatic rings. The zero-order valence-electron chi connectivity index (χ0n) is 7.88. The number of rotatable bonds is 3. The lowest BCUT2D eigenvalue weighted by Gasteiger charge is -1.97. The number of ether oxygens (including phenoxy) is 1. The molecule has 72 valence electrons. The van der Waals surface area contributed by atoms with Gasteiger partial charge in [0.2, 0.25) is 0 Å². The van der Waals surface area contributed by atoms with Crippen LogP contribution in [-0.4, -0.2) is 24.6 Å². The van der Waals surface area contributed by atoms with Crippen molar-refractivity contribution in [3.63, 3.8) is 0 Å². The molecule has 0 radical (unpaired) electrons. The van der Waals surface area contributed by atoms with Gasteiger partial charge in [-0.3, -0.25) is 0 Å². The maximum Gasteiger partial charge on any atom is 0.350 e. The second-order valence-corrected chi connectivity index (χ2v) is 3.40. The third kappa shape index (κ3) is 2.18. The van der Waals surface area contributed by atoms with Crippen molar-refractivity contribution in [2.24, 2.45) is 0 Å². The average Bonchev–Trinajstić information content (AvgIpc) is 2.47. The van der Waals surface area contributed by atoms with Gasteiger partial charge in [-0.25, -0.2) is 9.78 Å². The molecule has 13 heavy (non-hydrogen) atoms. The summed E-state index contributed by atoms with van der Waals surface area (Å²) < 4.78 is 4.87. The molecule has 0 aromatic carbocycles. The van der Waals surface area contributed by atoms with Crippen LogP contribution in [0.4, 0.5) is 5.13 Å². The molecule has 1 aromatic rings. The molecule has 0 amide bonds. The minimum Gasteiger partial charge on any atom is -0.462 e. The molecule has 0 atom stereocenters. The summed E-state index contributed by atoms with van der Waals surface area (Å²) in [6.07, 6.45) is 0. The van der Waals surface area contributed by atoms with Crippen LogP contribution in [0.2, 0.25) is 0 Å². The van der Waals surface area contributed by atoms with Gasteiger partial charge in [0.25, 0.3) is 0 Å². The van der Waals surface area contributed by atoms with Crippen molar-refractivity contribution in [3.8, 4) is 0 Å². The van der Waals surface area contributed by atoms with Gasteiger partial charge in [-0.05, 0) is 13.8 Å². The highest BCUT2D eigenvalue weighted by molar-refractivity contribution is 7.17. The van der Waals surface area contributed by atoms with Crippen molar-refractivity contribution in [3.05, 3.63) is 10.6 Å². The maximum absolute atomic E-state index is 11.3. The number of anilines is 1. The van der Waals surface area contributed by atoms with Crippen LogP contribution in [0.25, 0.3) is 0 Å². The monoisotopic (exact) mass is 200 g/mol. The number of hydrogen-bond acceptors (Lipinski definition) is 5. The summed E-state index contributed by atoms with van der Waals surface area (Å²) in [5.74, 6) is -0.293. The lowest BCUT2D eigenvalue weighted by Crippen LogP contribution is -2.03. The van der Waals surface area contributed by atoms with Crippen molar-refractivity contribution in [2.45, 2.75) is 13.8 Å². The summed E-state index contributed by atoms with van der Waals surface area (Å²) in [5, 5.41) is 3.62. The summed E-state index contributed by atoms with van der Waals surface area (Å²) in [5.41, 5.74) is 0.716. The molecule has 1 N–H and O–H groups in total. The average molecular weight is 200 g/mol. The molecule has 0 unspecified atom stereocenters. The second-order valence-electron chi connectivity index (χ2n) is 2.40. The summed E-state index contributed by atoms with van der Waals surface area (Å²) in [6, 6.07) is 0. The van der Waals surface area contributed by atoms with Gasteiger partial charge < -0.3 is 10.1 Å². The number of nitrogens with one attached hydrogen (secondary N) is 1. The number of aryl methyl sites for hydroxylation is 1. The summed E-state index contributed by atoms with van der Waals surface area (Å²) in [4.78, 5) is 16.0. The molecule has 0 aliphatic heterocycles. The number of nitrogens with zero attached hydrogens (tertiary/aromatic N) is 1. The van der Waals surface area contributed by atoms with E-state index in [1.165, 1.54) is 11.3 Å². The van der Waals surface area contributed by atoms with Crippen LogP contribution < -0.4 is 5.32 Å². The van der Waals surface area contributed by atoms with Crippen LogP contribution in [0, 0.1) is 6.92 Å². The van der Waals surface area contributed by atoms with Crippen molar-refractivity contribution in [1.29, 1.82) is 0 Å². The Morgan fingerprint density at radius 1 is 1.69 bits per heavy atom. The lowest BCUT2D eigenvalue weighted by atomic mass is 10.4. The van der Waals surface area contributed by atoms with Crippen LogP contribution in [0.15, 0.2) is 0 Å². The van der Waals surface area contributed by atoms with Crippen LogP contribution in [-0.2, 0) is 4.74 Å². The Morgan fingerprint density at radius 2 is 2.38 bits per heavy atom. The topological polar surface area (TPSA) is 51.2 Å². The van der Waals surface area contributed by atoms with Gasteiger partial charge >= 0.3 is 5.97 Å². The standard InChI is InChI=1S/C8H12N2O2S/c1-4-12-7(11)6-5(2)10-8(9-3)13-6/h4H2,1-3H3,(H,9,10). The van der Waals surface area contributed by atoms with Gasteiger partial charge in [0.1, 0.15) is 4.88 Å². The number of esters is 1. The van der Waals surface area contributed by atoms with E-state index in [0.29, 0.717) is 17.2 Å². The smallest absolute Gasteiger partial charge is 0.350 e. The largest absolute Gasteiger partial charge is 0.462 e. The van der Waals surface area contributed by atoms with Gasteiger partial charge in [0, 0.05) is 7.05 Å². The van der Waals surface area contributed by atoms with E-state index in [1.54, 1.807) is 20.9 Å². The normalized spacial score (nSPS) is 9.77. The fraction of sp³-hybridized carbons (Fsp3) is 0.500. The van der Waals surface area contributed by atoms with E-state index in [4.69, 9.17) is 4.74 Å². The van der Waals surface area contributed by atoms with Crippen molar-refractivity contribution in [2.75, 3.05) is 19.0 Å². The Balaban J connectivity index is 2.87. The number of carbonyl (C=O) groups is 1. The Labute approximate surface area is 80.9 Å². The number of aromatic nitrogens is 1. The molecule has 1 rings (SSSR count). The minimum atomic E-state index is -0.293. The molecular weight excluding hydrogens is 188 g/mol. The zero-order valence-corrected chi connectivity index (χ0v) is 8.70. The lowest BCUT2D eigenvalue weighted by molar-refractivity contribution is 0.0531. The number of thiazole rings is 1. The van der Waals surface area contributed by atoms with E-state index < -0.39 is 0 Å². The molecule has 5 heteroatoms. The SMILES string of the molecule is CCOC(=O)c1sc(NC)nc1C. The van der Waals surface area contributed by atoms with Crippen molar-refractivity contribution < 1.29 is 9.53 Å². The highest BCUT2D eigenvalue weighted by Gasteiger charge is 2.15. The third-order valence-electron chi connectivity index (χ3n) is 1.47. The summed E-state index contributed by atoms with van der Waals surface area (Å²) in [7, 11) is 1.77. The molecule has 0 spiro atoms. The molecule has 0 saturated heterocycles. The Hall–Kier alpha value is -1.10. The highest BCUT2D eigenvalue weighted by Crippen LogP contribution is 2.22. The molecule has 0 saturated carbocycles.